The van der Waals surface area contributed by atoms with Gasteiger partial charge in [-0.15, -0.1) is 0 Å². The van der Waals surface area contributed by atoms with Crippen molar-refractivity contribution >= 4 is 22.7 Å². The Morgan fingerprint density at radius 2 is 1.89 bits per heavy atom. The second-order valence-corrected chi connectivity index (χ2v) is 5.50. The first kappa shape index (κ1) is 13.3. The largest absolute Gasteiger partial charge is 0.463 e. The Balaban J connectivity index is 2.11. The number of fused-ring (bicyclic) bond motifs is 1. The van der Waals surface area contributed by atoms with Gasteiger partial charge in [-0.1, -0.05) is 39.0 Å². The first-order valence-corrected chi connectivity index (χ1v) is 6.17. The normalized spacial score (nSPS) is 11.5. The molecule has 0 aliphatic rings. The molecule has 0 saturated heterocycles. The summed E-state index contributed by atoms with van der Waals surface area (Å²) in [5.74, 6) is -0.295. The molecule has 0 unspecified atom stereocenters. The van der Waals surface area contributed by atoms with Crippen LogP contribution in [0.25, 0.3) is 11.0 Å². The minimum Gasteiger partial charge on any atom is -0.463 e. The van der Waals surface area contributed by atoms with Crippen molar-refractivity contribution in [3.05, 3.63) is 36.1 Å². The highest BCUT2D eigenvalue weighted by molar-refractivity contribution is 6.07. The first-order chi connectivity index (χ1) is 8.89. The van der Waals surface area contributed by atoms with Crippen LogP contribution in [0.1, 0.15) is 31.1 Å². The van der Waals surface area contributed by atoms with Gasteiger partial charge in [0.1, 0.15) is 11.8 Å². The Kier molecular flexibility index (Phi) is 3.42. The maximum absolute atomic E-state index is 12.0. The fourth-order valence-corrected chi connectivity index (χ4v) is 1.67. The van der Waals surface area contributed by atoms with Gasteiger partial charge in [-0.2, -0.15) is 0 Å². The molecule has 1 heterocycles. The summed E-state index contributed by atoms with van der Waals surface area (Å²) in [5, 5.41) is 3.39. The molecule has 0 fully saturated rings. The fraction of sp³-hybridized carbons (Fsp3) is 0.333. The van der Waals surface area contributed by atoms with Crippen molar-refractivity contribution in [1.29, 1.82) is 0 Å². The highest BCUT2D eigenvalue weighted by Crippen LogP contribution is 2.20. The number of benzene rings is 1. The summed E-state index contributed by atoms with van der Waals surface area (Å²) in [6.07, 6.45) is 1.42. The third kappa shape index (κ3) is 2.84. The van der Waals surface area contributed by atoms with Gasteiger partial charge in [-0.25, -0.2) is 0 Å². The maximum Gasteiger partial charge on any atom is 0.255 e. The van der Waals surface area contributed by atoms with E-state index < -0.39 is 5.41 Å². The van der Waals surface area contributed by atoms with Crippen molar-refractivity contribution in [3.63, 3.8) is 0 Å². The van der Waals surface area contributed by atoms with Gasteiger partial charge in [-0.05, 0) is 6.07 Å². The number of Topliss-reactive ketones (excluding diaryl/α,β-unsaturated/α-hetero) is 1. The average Bonchev–Trinajstić information content (AvgIpc) is 2.78. The summed E-state index contributed by atoms with van der Waals surface area (Å²) in [6.45, 7) is 5.51. The minimum atomic E-state index is -0.453. The molecule has 1 N–H and O–H groups in total. The van der Waals surface area contributed by atoms with Gasteiger partial charge >= 0.3 is 0 Å². The monoisotopic (exact) mass is 259 g/mol. The van der Waals surface area contributed by atoms with Gasteiger partial charge in [0.25, 0.3) is 5.91 Å². The van der Waals surface area contributed by atoms with E-state index in [1.54, 1.807) is 6.07 Å². The van der Waals surface area contributed by atoms with Crippen LogP contribution in [0.5, 0.6) is 0 Å². The molecule has 2 rings (SSSR count). The second kappa shape index (κ2) is 4.88. The van der Waals surface area contributed by atoms with E-state index in [1.165, 1.54) is 6.26 Å². The van der Waals surface area contributed by atoms with E-state index in [-0.39, 0.29) is 18.2 Å². The van der Waals surface area contributed by atoms with E-state index in [4.69, 9.17) is 4.42 Å². The molecule has 4 nitrogen and oxygen atoms in total. The molecule has 1 aromatic heterocycles. The number of rotatable bonds is 3. The van der Waals surface area contributed by atoms with Crippen LogP contribution in [0.2, 0.25) is 0 Å². The highest BCUT2D eigenvalue weighted by atomic mass is 16.3. The lowest BCUT2D eigenvalue weighted by Crippen LogP contribution is -2.35. The molecule has 0 aliphatic carbocycles. The molecule has 0 radical (unpaired) electrons. The molecule has 0 aliphatic heterocycles. The van der Waals surface area contributed by atoms with E-state index in [1.807, 2.05) is 39.0 Å². The van der Waals surface area contributed by atoms with Gasteiger partial charge in [0.15, 0.2) is 5.78 Å². The van der Waals surface area contributed by atoms with Gasteiger partial charge in [0.2, 0.25) is 0 Å². The smallest absolute Gasteiger partial charge is 0.255 e. The van der Waals surface area contributed by atoms with Crippen LogP contribution < -0.4 is 5.32 Å². The van der Waals surface area contributed by atoms with E-state index in [0.29, 0.717) is 11.1 Å². The summed E-state index contributed by atoms with van der Waals surface area (Å²) >= 11 is 0. The van der Waals surface area contributed by atoms with Gasteiger partial charge in [0, 0.05) is 10.8 Å². The number of amides is 1. The van der Waals surface area contributed by atoms with Crippen molar-refractivity contribution in [2.75, 3.05) is 6.54 Å². The van der Waals surface area contributed by atoms with Crippen LogP contribution in [0.3, 0.4) is 0 Å². The second-order valence-electron chi connectivity index (χ2n) is 5.50. The average molecular weight is 259 g/mol. The number of nitrogens with one attached hydrogen (secondary N) is 1. The number of para-hydroxylation sites is 1. The molecule has 100 valence electrons. The Bertz CT molecular complexity index is 620. The number of hydrogen-bond donors (Lipinski definition) is 1. The molecular formula is C15H17NO3. The Morgan fingerprint density at radius 3 is 2.58 bits per heavy atom. The minimum absolute atomic E-state index is 0.00588. The summed E-state index contributed by atoms with van der Waals surface area (Å²) in [4.78, 5) is 23.8. The van der Waals surface area contributed by atoms with Crippen molar-refractivity contribution in [1.82, 2.24) is 5.32 Å². The Hall–Kier alpha value is -2.10. The van der Waals surface area contributed by atoms with E-state index >= 15 is 0 Å². The molecule has 1 amide bonds. The summed E-state index contributed by atoms with van der Waals surface area (Å²) in [7, 11) is 0. The summed E-state index contributed by atoms with van der Waals surface area (Å²) in [6, 6.07) is 7.30. The Labute approximate surface area is 111 Å². The van der Waals surface area contributed by atoms with Crippen LogP contribution >= 0.6 is 0 Å². The third-order valence-corrected chi connectivity index (χ3v) is 2.97. The van der Waals surface area contributed by atoms with Crippen molar-refractivity contribution < 1.29 is 14.0 Å². The summed E-state index contributed by atoms with van der Waals surface area (Å²) < 4.78 is 5.30. The standard InChI is InChI=1S/C15H17NO3/c1-15(2,3)13(17)8-16-14(18)11-9-19-12-7-5-4-6-10(11)12/h4-7,9H,8H2,1-3H3,(H,16,18). The van der Waals surface area contributed by atoms with Crippen LogP contribution in [-0.2, 0) is 4.79 Å². The third-order valence-electron chi connectivity index (χ3n) is 2.97. The quantitative estimate of drug-likeness (QED) is 0.922. The van der Waals surface area contributed by atoms with Gasteiger partial charge < -0.3 is 9.73 Å². The van der Waals surface area contributed by atoms with Crippen LogP contribution in [0.15, 0.2) is 34.9 Å². The van der Waals surface area contributed by atoms with Gasteiger partial charge in [0.05, 0.1) is 12.1 Å². The van der Waals surface area contributed by atoms with Crippen molar-refractivity contribution in [2.24, 2.45) is 5.41 Å². The van der Waals surface area contributed by atoms with E-state index in [0.717, 1.165) is 5.39 Å². The molecule has 0 spiro atoms. The molecular weight excluding hydrogens is 242 g/mol. The summed E-state index contributed by atoms with van der Waals surface area (Å²) in [5.41, 5.74) is 0.665. The van der Waals surface area contributed by atoms with Crippen LogP contribution in [0, 0.1) is 5.41 Å². The number of hydrogen-bond acceptors (Lipinski definition) is 3. The predicted molar refractivity (Wildman–Crippen MR) is 73.0 cm³/mol. The number of carbonyl (C=O) groups excluding carboxylic acids is 2. The molecule has 2 aromatic rings. The van der Waals surface area contributed by atoms with E-state index in [2.05, 4.69) is 5.32 Å². The molecule has 1 aromatic carbocycles. The lowest BCUT2D eigenvalue weighted by molar-refractivity contribution is -0.125. The fourth-order valence-electron chi connectivity index (χ4n) is 1.67. The molecule has 0 saturated carbocycles. The predicted octanol–water partition coefficient (Wildman–Crippen LogP) is 2.78. The molecule has 19 heavy (non-hydrogen) atoms. The first-order valence-electron chi connectivity index (χ1n) is 6.17. The zero-order valence-corrected chi connectivity index (χ0v) is 11.3. The number of carbonyl (C=O) groups is 2. The highest BCUT2D eigenvalue weighted by Gasteiger charge is 2.22. The molecule has 0 atom stereocenters. The topological polar surface area (TPSA) is 59.3 Å². The maximum atomic E-state index is 12.0. The SMILES string of the molecule is CC(C)(C)C(=O)CNC(=O)c1coc2ccccc12. The molecule has 0 bridgehead atoms. The zero-order chi connectivity index (χ0) is 14.0. The lowest BCUT2D eigenvalue weighted by Gasteiger charge is -2.16. The number of furan rings is 1. The van der Waals surface area contributed by atoms with Crippen molar-refractivity contribution in [2.45, 2.75) is 20.8 Å². The Morgan fingerprint density at radius 1 is 1.21 bits per heavy atom. The van der Waals surface area contributed by atoms with Gasteiger partial charge in [-0.3, -0.25) is 9.59 Å². The lowest BCUT2D eigenvalue weighted by atomic mass is 9.91. The van der Waals surface area contributed by atoms with Crippen LogP contribution in [-0.4, -0.2) is 18.2 Å². The molecule has 4 heteroatoms. The number of ketones is 1. The van der Waals surface area contributed by atoms with E-state index in [9.17, 15) is 9.59 Å². The van der Waals surface area contributed by atoms with Crippen molar-refractivity contribution in [3.8, 4) is 0 Å². The van der Waals surface area contributed by atoms with Crippen LogP contribution in [0.4, 0.5) is 0 Å². The zero-order valence-electron chi connectivity index (χ0n) is 11.3.